The Morgan fingerprint density at radius 1 is 0.667 bits per heavy atom. The second-order valence-electron chi connectivity index (χ2n) is 19.0. The van der Waals surface area contributed by atoms with Crippen LogP contribution in [0.3, 0.4) is 0 Å². The maximum atomic E-state index is 6.83. The first kappa shape index (κ1) is 43.0. The van der Waals surface area contributed by atoms with Gasteiger partial charge in [0.15, 0.2) is 0 Å². The number of fused-ring (bicyclic) bond motifs is 3. The van der Waals surface area contributed by atoms with Crippen molar-refractivity contribution in [2.24, 2.45) is 17.3 Å². The fourth-order valence-electron chi connectivity index (χ4n) is 8.18. The van der Waals surface area contributed by atoms with Crippen LogP contribution in [0.2, 0.25) is 0 Å². The summed E-state index contributed by atoms with van der Waals surface area (Å²) >= 11 is 0. The van der Waals surface area contributed by atoms with Crippen LogP contribution in [0, 0.1) is 36.1 Å². The smallest absolute Gasteiger partial charge is 0.135 e. The maximum Gasteiger partial charge on any atom is 0.135 e. The number of ether oxygens (including phenoxy) is 1. The van der Waals surface area contributed by atoms with Crippen LogP contribution in [-0.4, -0.2) is 9.55 Å². The summed E-state index contributed by atoms with van der Waals surface area (Å²) in [5, 5.41) is 2.24. The number of anilines is 2. The molecule has 7 aromatic rings. The molecular formula is C54H57N4OPt-3. The van der Waals surface area contributed by atoms with Crippen molar-refractivity contribution in [2.45, 2.75) is 87.5 Å². The van der Waals surface area contributed by atoms with E-state index in [1.165, 1.54) is 28.1 Å². The van der Waals surface area contributed by atoms with E-state index in [1.54, 1.807) is 0 Å². The Hall–Kier alpha value is -5.12. The van der Waals surface area contributed by atoms with Gasteiger partial charge in [0.25, 0.3) is 0 Å². The molecule has 2 aromatic heterocycles. The minimum absolute atomic E-state index is 0. The molecule has 312 valence electrons. The Morgan fingerprint density at radius 3 is 2.02 bits per heavy atom. The maximum absolute atomic E-state index is 6.83. The predicted molar refractivity (Wildman–Crippen MR) is 247 cm³/mol. The first-order valence-corrected chi connectivity index (χ1v) is 21.1. The van der Waals surface area contributed by atoms with Gasteiger partial charge in [-0.25, -0.2) is 4.98 Å². The molecule has 1 aliphatic rings. The van der Waals surface area contributed by atoms with Gasteiger partial charge in [0.05, 0.1) is 0 Å². The number of allylic oxidation sites excluding steroid dienone is 1. The van der Waals surface area contributed by atoms with Gasteiger partial charge in [0.2, 0.25) is 0 Å². The van der Waals surface area contributed by atoms with Crippen molar-refractivity contribution < 1.29 is 25.8 Å². The summed E-state index contributed by atoms with van der Waals surface area (Å²) in [6.45, 7) is 24.9. The first-order chi connectivity index (χ1) is 28.1. The average Bonchev–Trinajstić information content (AvgIpc) is 3.78. The van der Waals surface area contributed by atoms with Crippen molar-refractivity contribution in [2.75, 3.05) is 9.80 Å². The molecular weight excluding hydrogens is 916 g/mol. The van der Waals surface area contributed by atoms with Gasteiger partial charge < -0.3 is 19.1 Å². The number of benzene rings is 5. The van der Waals surface area contributed by atoms with E-state index < -0.39 is 0 Å². The van der Waals surface area contributed by atoms with Gasteiger partial charge in [0, 0.05) is 61.1 Å². The standard InChI is InChI=1S/C54H57N4O.Pt/c1-36(2)24-38-26-39(25-37(3)4)28-43(27-38)56-34-51(54(8,9)10)57(35-56)44-29-41(40-16-12-11-13-17-40)30-46(32-44)59-45-20-21-48-47-18-14-15-19-49(47)58(50(48)33-45)52-31-42(22-23-55-52)53(5,6)7;/h11-23,26-31,34-37H,24-25H2,1-10H3;/q-3;. The minimum atomic E-state index is -0.163. The SMILES string of the molecule is CC(C)Cc1cc(CC(C)C)cc(N2C=C(C(C)(C)C)N(c3[c-]c(Oc4[c-]c5c(cc4)c4ccccc4n5-c4cc(C(C)(C)C)ccn4)cc(-c4ccccc4)c3)[CH-]2)c1.[Pt]. The van der Waals surface area contributed by atoms with Crippen molar-refractivity contribution in [1.29, 1.82) is 0 Å². The number of rotatable bonds is 10. The van der Waals surface area contributed by atoms with Crippen LogP contribution in [0.1, 0.15) is 85.9 Å². The summed E-state index contributed by atoms with van der Waals surface area (Å²) in [6.07, 6.45) is 6.29. The van der Waals surface area contributed by atoms with Crippen LogP contribution in [0.5, 0.6) is 11.5 Å². The molecule has 0 spiro atoms. The largest absolute Gasteiger partial charge is 0.509 e. The average molecular weight is 973 g/mol. The van der Waals surface area contributed by atoms with E-state index >= 15 is 0 Å². The van der Waals surface area contributed by atoms with E-state index in [-0.39, 0.29) is 31.9 Å². The van der Waals surface area contributed by atoms with E-state index in [0.29, 0.717) is 23.3 Å². The van der Waals surface area contributed by atoms with Crippen LogP contribution >= 0.6 is 0 Å². The third-order valence-electron chi connectivity index (χ3n) is 11.0. The van der Waals surface area contributed by atoms with Crippen LogP contribution in [0.15, 0.2) is 127 Å². The summed E-state index contributed by atoms with van der Waals surface area (Å²) in [5.41, 5.74) is 11.2. The van der Waals surface area contributed by atoms with Crippen molar-refractivity contribution in [3.8, 4) is 28.4 Å². The zero-order chi connectivity index (χ0) is 41.6. The first-order valence-electron chi connectivity index (χ1n) is 21.1. The van der Waals surface area contributed by atoms with E-state index in [1.807, 2.05) is 12.3 Å². The fraction of sp³-hybridized carbons (Fsp3) is 0.296. The molecule has 0 radical (unpaired) electrons. The minimum Gasteiger partial charge on any atom is -0.509 e. The predicted octanol–water partition coefficient (Wildman–Crippen LogP) is 14.3. The van der Waals surface area contributed by atoms with Gasteiger partial charge in [-0.3, -0.25) is 0 Å². The number of aromatic nitrogens is 2. The molecule has 8 rings (SSSR count). The number of hydrogen-bond acceptors (Lipinski definition) is 4. The summed E-state index contributed by atoms with van der Waals surface area (Å²) in [6, 6.07) is 46.3. The molecule has 0 saturated heterocycles. The van der Waals surface area contributed by atoms with Gasteiger partial charge in [-0.05, 0) is 94.3 Å². The fourth-order valence-corrected chi connectivity index (χ4v) is 8.18. The van der Waals surface area contributed by atoms with E-state index in [2.05, 4.69) is 212 Å². The molecule has 3 heterocycles. The number of pyridine rings is 1. The van der Waals surface area contributed by atoms with Crippen LogP contribution in [0.25, 0.3) is 38.8 Å². The normalized spacial score (nSPS) is 13.4. The monoisotopic (exact) mass is 972 g/mol. The van der Waals surface area contributed by atoms with Crippen LogP contribution < -0.4 is 14.5 Å². The molecule has 1 aliphatic heterocycles. The number of para-hydroxylation sites is 1. The molecule has 0 fully saturated rings. The van der Waals surface area contributed by atoms with Crippen molar-refractivity contribution >= 4 is 33.2 Å². The Balaban J connectivity index is 0.00000544. The van der Waals surface area contributed by atoms with Crippen molar-refractivity contribution in [3.05, 3.63) is 163 Å². The van der Waals surface area contributed by atoms with Gasteiger partial charge >= 0.3 is 0 Å². The molecule has 5 nitrogen and oxygen atoms in total. The topological polar surface area (TPSA) is 33.5 Å². The van der Waals surface area contributed by atoms with Crippen molar-refractivity contribution in [3.63, 3.8) is 0 Å². The van der Waals surface area contributed by atoms with E-state index in [9.17, 15) is 0 Å². The van der Waals surface area contributed by atoms with E-state index in [0.717, 1.165) is 57.3 Å². The van der Waals surface area contributed by atoms with Crippen LogP contribution in [0.4, 0.5) is 11.4 Å². The Morgan fingerprint density at radius 2 is 1.35 bits per heavy atom. The van der Waals surface area contributed by atoms with Gasteiger partial charge in [-0.15, -0.1) is 53.6 Å². The quantitative estimate of drug-likeness (QED) is 0.128. The zero-order valence-corrected chi connectivity index (χ0v) is 39.0. The van der Waals surface area contributed by atoms with Crippen LogP contribution in [-0.2, 0) is 39.3 Å². The van der Waals surface area contributed by atoms with Crippen molar-refractivity contribution in [1.82, 2.24) is 9.55 Å². The second-order valence-corrected chi connectivity index (χ2v) is 19.0. The van der Waals surface area contributed by atoms with Gasteiger partial charge in [-0.1, -0.05) is 129 Å². The number of hydrogen-bond donors (Lipinski definition) is 0. The summed E-state index contributed by atoms with van der Waals surface area (Å²) in [4.78, 5) is 9.46. The summed E-state index contributed by atoms with van der Waals surface area (Å²) in [7, 11) is 0. The molecule has 0 saturated carbocycles. The zero-order valence-electron chi connectivity index (χ0n) is 36.7. The Labute approximate surface area is 372 Å². The molecule has 0 bridgehead atoms. The van der Waals surface area contributed by atoms with Gasteiger partial charge in [-0.2, -0.15) is 6.07 Å². The third-order valence-corrected chi connectivity index (χ3v) is 11.0. The molecule has 0 N–H and O–H groups in total. The molecule has 0 atom stereocenters. The molecule has 0 amide bonds. The molecule has 5 aromatic carbocycles. The summed E-state index contributed by atoms with van der Waals surface area (Å²) < 4.78 is 9.04. The van der Waals surface area contributed by atoms with Gasteiger partial charge in [0.1, 0.15) is 5.82 Å². The second kappa shape index (κ2) is 17.1. The molecule has 0 aliphatic carbocycles. The molecule has 0 unspecified atom stereocenters. The number of nitrogens with zero attached hydrogens (tertiary/aromatic N) is 4. The Kier molecular flexibility index (Phi) is 12.2. The summed E-state index contributed by atoms with van der Waals surface area (Å²) in [5.74, 6) is 3.23. The van der Waals surface area contributed by atoms with E-state index in [4.69, 9.17) is 9.72 Å². The molecule has 6 heteroatoms. The third kappa shape index (κ3) is 9.13. The molecule has 60 heavy (non-hydrogen) atoms. The Bertz CT molecular complexity index is 2630.